The van der Waals surface area contributed by atoms with E-state index < -0.39 is 6.09 Å². The largest absolute Gasteiger partial charge is 0.497 e. The van der Waals surface area contributed by atoms with Gasteiger partial charge in [-0.05, 0) is 60.3 Å². The van der Waals surface area contributed by atoms with Gasteiger partial charge in [0, 0.05) is 61.7 Å². The molecule has 4 aromatic rings. The van der Waals surface area contributed by atoms with Gasteiger partial charge in [-0.15, -0.1) is 0 Å². The molecule has 2 aromatic carbocycles. The number of hydrogen-bond acceptors (Lipinski definition) is 10. The average Bonchev–Trinajstić information content (AvgIpc) is 3.46. The van der Waals surface area contributed by atoms with E-state index in [1.165, 1.54) is 7.11 Å². The molecule has 1 N–H and O–H groups in total. The van der Waals surface area contributed by atoms with Gasteiger partial charge in [0.2, 0.25) is 0 Å². The number of piperidine rings is 1. The van der Waals surface area contributed by atoms with Crippen LogP contribution in [0, 0.1) is 0 Å². The molecule has 13 heteroatoms. The molecule has 2 atom stereocenters. The standard InChI is InChI=1S/C35H43BrN6O6/c1-23(2)40(21-30(43)47-5)20-27-13-11-26(19-42(27)35(44)48-22-24-9-7-6-8-10-24)34-39-32(36)31-33(37-15-16-41(31)34)38-18-25-12-14-28(45-3)17-29(25)46-4/h6-10,12,14-17,23,26-27H,11,13,18-22H2,1-5H3,(H,37,38)/t26-,27+/m1/s1. The number of ether oxygens (including phenoxy) is 4. The summed E-state index contributed by atoms with van der Waals surface area (Å²) < 4.78 is 24.4. The van der Waals surface area contributed by atoms with E-state index in [1.807, 2.05) is 77.9 Å². The summed E-state index contributed by atoms with van der Waals surface area (Å²) in [5.41, 5.74) is 2.65. The van der Waals surface area contributed by atoms with Crippen LogP contribution in [0.15, 0.2) is 65.5 Å². The topological polar surface area (TPSA) is 120 Å². The third-order valence-corrected chi connectivity index (χ3v) is 9.28. The van der Waals surface area contributed by atoms with Crippen molar-refractivity contribution >= 4 is 39.3 Å². The first-order valence-electron chi connectivity index (χ1n) is 16.0. The van der Waals surface area contributed by atoms with E-state index in [2.05, 4.69) is 26.2 Å². The molecule has 0 radical (unpaired) electrons. The van der Waals surface area contributed by atoms with E-state index >= 15 is 0 Å². The lowest BCUT2D eigenvalue weighted by Crippen LogP contribution is -2.53. The SMILES string of the molecule is COC(=O)CN(C[C@@H]1CC[C@@H](c2nc(Br)c3c(NCc4ccc(OC)cc4OC)nccn23)CN1C(=O)OCc1ccccc1)C(C)C. The third kappa shape index (κ3) is 8.19. The number of imidazole rings is 1. The zero-order valence-corrected chi connectivity index (χ0v) is 29.6. The molecular weight excluding hydrogens is 680 g/mol. The van der Waals surface area contributed by atoms with Gasteiger partial charge >= 0.3 is 12.1 Å². The molecule has 48 heavy (non-hydrogen) atoms. The molecule has 256 valence electrons. The van der Waals surface area contributed by atoms with Gasteiger partial charge < -0.3 is 29.2 Å². The minimum Gasteiger partial charge on any atom is -0.497 e. The predicted octanol–water partition coefficient (Wildman–Crippen LogP) is 5.89. The van der Waals surface area contributed by atoms with Crippen LogP contribution in [0.2, 0.25) is 0 Å². The summed E-state index contributed by atoms with van der Waals surface area (Å²) in [6.45, 7) is 5.76. The summed E-state index contributed by atoms with van der Waals surface area (Å²) in [7, 11) is 4.64. The number of anilines is 1. The Bertz CT molecular complexity index is 1700. The number of likely N-dealkylation sites (tertiary alicyclic amines) is 1. The number of esters is 1. The zero-order chi connectivity index (χ0) is 34.2. The number of rotatable bonds is 13. The second kappa shape index (κ2) is 16.2. The van der Waals surface area contributed by atoms with Crippen molar-refractivity contribution in [3.8, 4) is 11.5 Å². The van der Waals surface area contributed by atoms with Crippen LogP contribution in [0.5, 0.6) is 11.5 Å². The van der Waals surface area contributed by atoms with Crippen molar-refractivity contribution in [1.82, 2.24) is 24.2 Å². The van der Waals surface area contributed by atoms with Crippen LogP contribution in [0.3, 0.4) is 0 Å². The maximum absolute atomic E-state index is 13.7. The summed E-state index contributed by atoms with van der Waals surface area (Å²) >= 11 is 3.68. The summed E-state index contributed by atoms with van der Waals surface area (Å²) in [5, 5.41) is 3.44. The lowest BCUT2D eigenvalue weighted by Gasteiger charge is -2.41. The fourth-order valence-electron chi connectivity index (χ4n) is 6.03. The first-order valence-corrected chi connectivity index (χ1v) is 16.8. The molecule has 0 bridgehead atoms. The fourth-order valence-corrected chi connectivity index (χ4v) is 6.59. The van der Waals surface area contributed by atoms with E-state index in [1.54, 1.807) is 25.3 Å². The highest BCUT2D eigenvalue weighted by molar-refractivity contribution is 9.10. The fraction of sp³-hybridized carbons (Fsp3) is 0.429. The van der Waals surface area contributed by atoms with Gasteiger partial charge in [0.05, 0.1) is 27.9 Å². The van der Waals surface area contributed by atoms with E-state index in [0.29, 0.717) is 48.0 Å². The Morgan fingerprint density at radius 2 is 1.88 bits per heavy atom. The van der Waals surface area contributed by atoms with Crippen LogP contribution < -0.4 is 14.8 Å². The van der Waals surface area contributed by atoms with Crippen molar-refractivity contribution in [2.75, 3.05) is 46.3 Å². The van der Waals surface area contributed by atoms with Crippen molar-refractivity contribution in [3.05, 3.63) is 82.5 Å². The molecule has 0 unspecified atom stereocenters. The number of carbonyl (C=O) groups is 2. The van der Waals surface area contributed by atoms with E-state index in [0.717, 1.165) is 28.9 Å². The third-order valence-electron chi connectivity index (χ3n) is 8.73. The molecular formula is C35H43BrN6O6. The maximum Gasteiger partial charge on any atom is 0.410 e. The molecule has 2 aromatic heterocycles. The van der Waals surface area contributed by atoms with Gasteiger partial charge in [-0.3, -0.25) is 14.1 Å². The van der Waals surface area contributed by atoms with Crippen LogP contribution in [0.1, 0.15) is 49.6 Å². The molecule has 5 rings (SSSR count). The second-order valence-electron chi connectivity index (χ2n) is 12.0. The highest BCUT2D eigenvalue weighted by Gasteiger charge is 2.37. The quantitative estimate of drug-likeness (QED) is 0.167. The Kier molecular flexibility index (Phi) is 11.8. The number of nitrogens with zero attached hydrogens (tertiary/aromatic N) is 5. The second-order valence-corrected chi connectivity index (χ2v) is 12.8. The molecule has 3 heterocycles. The Hall–Kier alpha value is -4.36. The number of amides is 1. The molecule has 0 aliphatic carbocycles. The summed E-state index contributed by atoms with van der Waals surface area (Å²) in [6.07, 6.45) is 4.73. The minimum absolute atomic E-state index is 0.0747. The van der Waals surface area contributed by atoms with Gasteiger partial charge in [-0.25, -0.2) is 14.8 Å². The number of benzene rings is 2. The zero-order valence-electron chi connectivity index (χ0n) is 28.0. The van der Waals surface area contributed by atoms with E-state index in [9.17, 15) is 9.59 Å². The highest BCUT2D eigenvalue weighted by Crippen LogP contribution is 2.35. The first-order chi connectivity index (χ1) is 23.2. The Morgan fingerprint density at radius 3 is 2.58 bits per heavy atom. The Balaban J connectivity index is 1.39. The minimum atomic E-state index is -0.396. The molecule has 1 fully saturated rings. The van der Waals surface area contributed by atoms with Gasteiger partial charge in [0.1, 0.15) is 34.1 Å². The van der Waals surface area contributed by atoms with Crippen molar-refractivity contribution in [3.63, 3.8) is 0 Å². The molecule has 0 spiro atoms. The van der Waals surface area contributed by atoms with Crippen LogP contribution in [0.25, 0.3) is 5.52 Å². The molecule has 0 saturated carbocycles. The highest BCUT2D eigenvalue weighted by atomic mass is 79.9. The number of hydrogen-bond donors (Lipinski definition) is 1. The molecule has 1 amide bonds. The maximum atomic E-state index is 13.7. The lowest BCUT2D eigenvalue weighted by molar-refractivity contribution is -0.142. The summed E-state index contributed by atoms with van der Waals surface area (Å²) in [4.78, 5) is 39.4. The van der Waals surface area contributed by atoms with Crippen LogP contribution in [0.4, 0.5) is 10.6 Å². The molecule has 1 saturated heterocycles. The normalized spacial score (nSPS) is 16.3. The molecule has 1 aliphatic rings. The van der Waals surface area contributed by atoms with Gasteiger partial charge in [0.25, 0.3) is 0 Å². The summed E-state index contributed by atoms with van der Waals surface area (Å²) in [6, 6.07) is 15.2. The van der Waals surface area contributed by atoms with Crippen molar-refractivity contribution in [1.29, 1.82) is 0 Å². The molecule has 1 aliphatic heterocycles. The van der Waals surface area contributed by atoms with Gasteiger partial charge in [-0.1, -0.05) is 30.3 Å². The summed E-state index contributed by atoms with van der Waals surface area (Å²) in [5.74, 6) is 2.51. The van der Waals surface area contributed by atoms with Crippen LogP contribution >= 0.6 is 15.9 Å². The Morgan fingerprint density at radius 1 is 1.08 bits per heavy atom. The van der Waals surface area contributed by atoms with Crippen molar-refractivity contribution in [2.24, 2.45) is 0 Å². The molecule has 12 nitrogen and oxygen atoms in total. The van der Waals surface area contributed by atoms with Gasteiger partial charge in [-0.2, -0.15) is 0 Å². The monoisotopic (exact) mass is 722 g/mol. The number of fused-ring (bicyclic) bond motifs is 1. The average molecular weight is 724 g/mol. The van der Waals surface area contributed by atoms with Crippen LogP contribution in [-0.4, -0.2) is 89.3 Å². The van der Waals surface area contributed by atoms with Crippen LogP contribution in [-0.2, 0) is 27.4 Å². The van der Waals surface area contributed by atoms with E-state index in [4.69, 9.17) is 23.9 Å². The number of halogens is 1. The van der Waals surface area contributed by atoms with Crippen molar-refractivity contribution in [2.45, 2.75) is 57.8 Å². The number of aromatic nitrogens is 3. The van der Waals surface area contributed by atoms with Gasteiger partial charge in [0.15, 0.2) is 5.82 Å². The Labute approximate surface area is 289 Å². The smallest absolute Gasteiger partial charge is 0.410 e. The van der Waals surface area contributed by atoms with E-state index in [-0.39, 0.29) is 37.1 Å². The first kappa shape index (κ1) is 35.0. The lowest BCUT2D eigenvalue weighted by atomic mass is 9.91. The number of methoxy groups -OCH3 is 3. The number of nitrogens with one attached hydrogen (secondary N) is 1. The number of carbonyl (C=O) groups excluding carboxylic acids is 2. The van der Waals surface area contributed by atoms with Crippen molar-refractivity contribution < 1.29 is 28.5 Å². The predicted molar refractivity (Wildman–Crippen MR) is 185 cm³/mol.